The summed E-state index contributed by atoms with van der Waals surface area (Å²) in [5, 5.41) is 5.29. The number of carbonyl (C=O) groups excluding carboxylic acids is 1. The van der Waals surface area contributed by atoms with Crippen molar-refractivity contribution in [1.29, 1.82) is 0 Å². The van der Waals surface area contributed by atoms with Crippen molar-refractivity contribution in [2.24, 2.45) is 0 Å². The lowest BCUT2D eigenvalue weighted by molar-refractivity contribution is 0.0712. The van der Waals surface area contributed by atoms with E-state index in [-0.39, 0.29) is 5.91 Å². The molecule has 0 aliphatic carbocycles. The van der Waals surface area contributed by atoms with Gasteiger partial charge in [0.25, 0.3) is 5.91 Å². The smallest absolute Gasteiger partial charge is 0.264 e. The molecule has 15 heavy (non-hydrogen) atoms. The van der Waals surface area contributed by atoms with Crippen LogP contribution >= 0.6 is 11.3 Å². The molecule has 3 nitrogen and oxygen atoms in total. The number of nitrogens with one attached hydrogen (secondary N) is 1. The highest BCUT2D eigenvalue weighted by molar-refractivity contribution is 7.12. The van der Waals surface area contributed by atoms with Crippen LogP contribution in [-0.2, 0) is 0 Å². The zero-order chi connectivity index (χ0) is 10.7. The van der Waals surface area contributed by atoms with Crippen LogP contribution in [0.2, 0.25) is 0 Å². The van der Waals surface area contributed by atoms with E-state index in [2.05, 4.69) is 12.2 Å². The van der Waals surface area contributed by atoms with Crippen molar-refractivity contribution in [3.8, 4) is 0 Å². The maximum absolute atomic E-state index is 12.1. The van der Waals surface area contributed by atoms with E-state index in [9.17, 15) is 4.79 Å². The zero-order valence-electron chi connectivity index (χ0n) is 8.90. The number of carbonyl (C=O) groups is 1. The Morgan fingerprint density at radius 1 is 1.67 bits per heavy atom. The maximum Gasteiger partial charge on any atom is 0.264 e. The Morgan fingerprint density at radius 2 is 2.53 bits per heavy atom. The zero-order valence-corrected chi connectivity index (χ0v) is 9.72. The average Bonchev–Trinajstić information content (AvgIpc) is 2.68. The Labute approximate surface area is 94.1 Å². The Balaban J connectivity index is 2.11. The molecule has 2 rings (SSSR count). The predicted molar refractivity (Wildman–Crippen MR) is 62.3 cm³/mol. The van der Waals surface area contributed by atoms with Gasteiger partial charge < -0.3 is 10.2 Å². The summed E-state index contributed by atoms with van der Waals surface area (Å²) in [7, 11) is 0. The van der Waals surface area contributed by atoms with Gasteiger partial charge in [-0.2, -0.15) is 0 Å². The van der Waals surface area contributed by atoms with E-state index in [1.807, 2.05) is 22.4 Å². The van der Waals surface area contributed by atoms with Crippen molar-refractivity contribution in [2.75, 3.05) is 19.6 Å². The van der Waals surface area contributed by atoms with Gasteiger partial charge in [0.1, 0.15) is 0 Å². The first-order valence-corrected chi connectivity index (χ1v) is 6.22. The first kappa shape index (κ1) is 10.6. The molecule has 1 aliphatic heterocycles. The molecule has 2 heterocycles. The van der Waals surface area contributed by atoms with Gasteiger partial charge in [0, 0.05) is 19.1 Å². The van der Waals surface area contributed by atoms with Crippen molar-refractivity contribution in [1.82, 2.24) is 10.2 Å². The van der Waals surface area contributed by atoms with Gasteiger partial charge in [-0.05, 0) is 31.3 Å². The second-order valence-electron chi connectivity index (χ2n) is 3.88. The van der Waals surface area contributed by atoms with E-state index >= 15 is 0 Å². The van der Waals surface area contributed by atoms with Gasteiger partial charge in [-0.3, -0.25) is 4.79 Å². The first-order chi connectivity index (χ1) is 7.29. The number of rotatable bonds is 1. The van der Waals surface area contributed by atoms with Gasteiger partial charge in [-0.1, -0.05) is 6.07 Å². The predicted octanol–water partition coefficient (Wildman–Crippen LogP) is 1.57. The lowest BCUT2D eigenvalue weighted by Gasteiger charge is -2.26. The molecule has 1 atom stereocenters. The Hall–Kier alpha value is -0.870. The summed E-state index contributed by atoms with van der Waals surface area (Å²) < 4.78 is 0. The van der Waals surface area contributed by atoms with Crippen molar-refractivity contribution in [3.63, 3.8) is 0 Å². The Kier molecular flexibility index (Phi) is 3.38. The molecule has 0 radical (unpaired) electrons. The van der Waals surface area contributed by atoms with Crippen molar-refractivity contribution in [3.05, 3.63) is 22.4 Å². The molecule has 0 spiro atoms. The summed E-state index contributed by atoms with van der Waals surface area (Å²) in [6, 6.07) is 4.12. The quantitative estimate of drug-likeness (QED) is 0.785. The molecule has 1 aromatic rings. The number of hydrogen-bond acceptors (Lipinski definition) is 3. The van der Waals surface area contributed by atoms with Crippen LogP contribution in [0.1, 0.15) is 23.0 Å². The third-order valence-corrected chi connectivity index (χ3v) is 3.58. The molecule has 1 N–H and O–H groups in total. The fourth-order valence-corrected chi connectivity index (χ4v) is 2.54. The van der Waals surface area contributed by atoms with Crippen LogP contribution in [0.5, 0.6) is 0 Å². The lowest BCUT2D eigenvalue weighted by atomic mass is 10.2. The Morgan fingerprint density at radius 3 is 3.27 bits per heavy atom. The molecule has 1 amide bonds. The summed E-state index contributed by atoms with van der Waals surface area (Å²) >= 11 is 1.52. The second kappa shape index (κ2) is 4.77. The van der Waals surface area contributed by atoms with Crippen molar-refractivity contribution >= 4 is 17.2 Å². The highest BCUT2D eigenvalue weighted by atomic mass is 32.1. The van der Waals surface area contributed by atoms with Crippen LogP contribution in [-0.4, -0.2) is 36.5 Å². The minimum atomic E-state index is 0.182. The Bertz CT molecular complexity index is 323. The molecule has 1 saturated heterocycles. The van der Waals surface area contributed by atoms with E-state index in [4.69, 9.17) is 0 Å². The third kappa shape index (κ3) is 2.38. The molecule has 1 unspecified atom stereocenters. The standard InChI is InChI=1S/C11H16N2OS/c1-9-8-12-5-3-6-13(9)11(14)10-4-2-7-15-10/h2,4,7,9,12H,3,5-6,8H2,1H3. The summed E-state index contributed by atoms with van der Waals surface area (Å²) in [5.74, 6) is 0.182. The highest BCUT2D eigenvalue weighted by Gasteiger charge is 2.23. The lowest BCUT2D eigenvalue weighted by Crippen LogP contribution is -2.41. The summed E-state index contributed by atoms with van der Waals surface area (Å²) in [4.78, 5) is 15.0. The maximum atomic E-state index is 12.1. The van der Waals surface area contributed by atoms with Crippen LogP contribution in [0.15, 0.2) is 17.5 Å². The number of hydrogen-bond donors (Lipinski definition) is 1. The fourth-order valence-electron chi connectivity index (χ4n) is 1.86. The molecule has 1 aliphatic rings. The number of thiophene rings is 1. The van der Waals surface area contributed by atoms with Crippen LogP contribution < -0.4 is 5.32 Å². The van der Waals surface area contributed by atoms with Gasteiger partial charge in [-0.25, -0.2) is 0 Å². The topological polar surface area (TPSA) is 32.3 Å². The van der Waals surface area contributed by atoms with E-state index in [1.165, 1.54) is 11.3 Å². The number of nitrogens with zero attached hydrogens (tertiary/aromatic N) is 1. The SMILES string of the molecule is CC1CNCCCN1C(=O)c1cccs1. The first-order valence-electron chi connectivity index (χ1n) is 5.34. The summed E-state index contributed by atoms with van der Waals surface area (Å²) in [6.07, 6.45) is 1.04. The second-order valence-corrected chi connectivity index (χ2v) is 4.83. The highest BCUT2D eigenvalue weighted by Crippen LogP contribution is 2.15. The summed E-state index contributed by atoms with van der Waals surface area (Å²) in [6.45, 7) is 4.88. The molecule has 1 fully saturated rings. The molecule has 0 saturated carbocycles. The van der Waals surface area contributed by atoms with Gasteiger partial charge in [-0.15, -0.1) is 11.3 Å². The molecular weight excluding hydrogens is 208 g/mol. The van der Waals surface area contributed by atoms with E-state index in [0.29, 0.717) is 6.04 Å². The third-order valence-electron chi connectivity index (χ3n) is 2.72. The van der Waals surface area contributed by atoms with Crippen LogP contribution in [0.4, 0.5) is 0 Å². The van der Waals surface area contributed by atoms with Gasteiger partial charge in [0.2, 0.25) is 0 Å². The molecule has 4 heteroatoms. The minimum Gasteiger partial charge on any atom is -0.334 e. The van der Waals surface area contributed by atoms with Gasteiger partial charge >= 0.3 is 0 Å². The van der Waals surface area contributed by atoms with Gasteiger partial charge in [0.05, 0.1) is 4.88 Å². The molecule has 1 aromatic heterocycles. The molecule has 0 aromatic carbocycles. The molecule has 0 bridgehead atoms. The minimum absolute atomic E-state index is 0.182. The largest absolute Gasteiger partial charge is 0.334 e. The van der Waals surface area contributed by atoms with Crippen LogP contribution in [0.25, 0.3) is 0 Å². The van der Waals surface area contributed by atoms with Crippen molar-refractivity contribution < 1.29 is 4.79 Å². The average molecular weight is 224 g/mol. The van der Waals surface area contributed by atoms with E-state index in [0.717, 1.165) is 30.9 Å². The van der Waals surface area contributed by atoms with Gasteiger partial charge in [0.15, 0.2) is 0 Å². The monoisotopic (exact) mass is 224 g/mol. The van der Waals surface area contributed by atoms with Crippen molar-refractivity contribution in [2.45, 2.75) is 19.4 Å². The normalized spacial score (nSPS) is 22.5. The molecular formula is C11H16N2OS. The van der Waals surface area contributed by atoms with E-state index < -0.39 is 0 Å². The summed E-state index contributed by atoms with van der Waals surface area (Å²) in [5.41, 5.74) is 0. The van der Waals surface area contributed by atoms with Crippen LogP contribution in [0.3, 0.4) is 0 Å². The number of amides is 1. The molecule has 82 valence electrons. The van der Waals surface area contributed by atoms with Crippen LogP contribution in [0, 0.1) is 0 Å². The van der Waals surface area contributed by atoms with E-state index in [1.54, 1.807) is 0 Å². The fraction of sp³-hybridized carbons (Fsp3) is 0.545.